The first-order valence-electron chi connectivity index (χ1n) is 5.18. The molecule has 0 heterocycles. The van der Waals surface area contributed by atoms with Gasteiger partial charge in [0.2, 0.25) is 0 Å². The fourth-order valence-corrected chi connectivity index (χ4v) is 1.36. The molecule has 0 amide bonds. The van der Waals surface area contributed by atoms with Gasteiger partial charge in [0.1, 0.15) is 5.69 Å². The van der Waals surface area contributed by atoms with E-state index in [1.165, 1.54) is 7.11 Å². The quantitative estimate of drug-likeness (QED) is 0.608. The maximum atomic E-state index is 11.0. The van der Waals surface area contributed by atoms with Gasteiger partial charge in [-0.15, -0.1) is 0 Å². The summed E-state index contributed by atoms with van der Waals surface area (Å²) in [5.74, 6) is 0.241. The van der Waals surface area contributed by atoms with Gasteiger partial charge in [-0.1, -0.05) is 6.07 Å². The highest BCUT2D eigenvalue weighted by Gasteiger charge is 2.20. The van der Waals surface area contributed by atoms with Crippen LogP contribution in [0.5, 0.6) is 5.75 Å². The maximum absolute atomic E-state index is 11.0. The normalized spacial score (nSPS) is 11.9. The molecule has 0 spiro atoms. The van der Waals surface area contributed by atoms with E-state index in [1.54, 1.807) is 25.3 Å². The topological polar surface area (TPSA) is 73.6 Å². The van der Waals surface area contributed by atoms with Crippen molar-refractivity contribution in [3.05, 3.63) is 28.3 Å². The molecule has 1 rings (SSSR count). The van der Waals surface area contributed by atoms with Gasteiger partial charge in [-0.3, -0.25) is 10.1 Å². The maximum Gasteiger partial charge on any atom is 0.333 e. The lowest BCUT2D eigenvalue weighted by molar-refractivity contribution is -0.384. The molecule has 0 aromatic heterocycles. The molecular formula is C11H16N2O4. The molecule has 94 valence electrons. The van der Waals surface area contributed by atoms with Gasteiger partial charge < -0.3 is 14.8 Å². The van der Waals surface area contributed by atoms with Crippen LogP contribution in [0.2, 0.25) is 0 Å². The van der Waals surface area contributed by atoms with E-state index in [4.69, 9.17) is 9.47 Å². The number of rotatable bonds is 6. The summed E-state index contributed by atoms with van der Waals surface area (Å²) in [6, 6.07) is 4.90. The highest BCUT2D eigenvalue weighted by Crippen LogP contribution is 2.34. The number of nitro groups is 1. The predicted octanol–water partition coefficient (Wildman–Crippen LogP) is 2.05. The van der Waals surface area contributed by atoms with E-state index >= 15 is 0 Å². The first-order valence-corrected chi connectivity index (χ1v) is 5.18. The molecule has 1 N–H and O–H groups in total. The summed E-state index contributed by atoms with van der Waals surface area (Å²) in [5, 5.41) is 13.9. The summed E-state index contributed by atoms with van der Waals surface area (Å²) in [6.45, 7) is 2.36. The molecule has 0 aliphatic rings. The Morgan fingerprint density at radius 3 is 2.71 bits per heavy atom. The van der Waals surface area contributed by atoms with E-state index in [2.05, 4.69) is 5.32 Å². The zero-order valence-electron chi connectivity index (χ0n) is 10.1. The van der Waals surface area contributed by atoms with Crippen LogP contribution in [0.1, 0.15) is 6.92 Å². The first-order chi connectivity index (χ1) is 8.10. The molecular weight excluding hydrogens is 224 g/mol. The van der Waals surface area contributed by atoms with Gasteiger partial charge in [0, 0.05) is 13.7 Å². The number of nitro benzene ring substituents is 1. The van der Waals surface area contributed by atoms with Crippen LogP contribution in [0.4, 0.5) is 11.4 Å². The number of anilines is 1. The molecule has 0 saturated carbocycles. The molecule has 0 radical (unpaired) electrons. The van der Waals surface area contributed by atoms with Crippen molar-refractivity contribution in [2.24, 2.45) is 0 Å². The van der Waals surface area contributed by atoms with Gasteiger partial charge >= 0.3 is 5.69 Å². The average molecular weight is 240 g/mol. The number of hydrogen-bond acceptors (Lipinski definition) is 5. The zero-order valence-corrected chi connectivity index (χ0v) is 10.1. The lowest BCUT2D eigenvalue weighted by Crippen LogP contribution is -2.18. The van der Waals surface area contributed by atoms with Crippen LogP contribution in [-0.4, -0.2) is 31.8 Å². The summed E-state index contributed by atoms with van der Waals surface area (Å²) in [4.78, 5) is 10.5. The van der Waals surface area contributed by atoms with Gasteiger partial charge in [0.25, 0.3) is 0 Å². The summed E-state index contributed by atoms with van der Waals surface area (Å²) in [5.41, 5.74) is 0.372. The Bertz CT molecular complexity index is 395. The number of hydrogen-bond donors (Lipinski definition) is 1. The van der Waals surface area contributed by atoms with E-state index in [9.17, 15) is 10.1 Å². The Balaban J connectivity index is 2.94. The smallest absolute Gasteiger partial charge is 0.333 e. The van der Waals surface area contributed by atoms with Gasteiger partial charge in [0.15, 0.2) is 5.75 Å². The van der Waals surface area contributed by atoms with Crippen molar-refractivity contribution < 1.29 is 14.4 Å². The highest BCUT2D eigenvalue weighted by atomic mass is 16.6. The minimum absolute atomic E-state index is 0.0270. The lowest BCUT2D eigenvalue weighted by Gasteiger charge is -2.13. The molecule has 1 aromatic carbocycles. The second-order valence-electron chi connectivity index (χ2n) is 3.54. The predicted molar refractivity (Wildman–Crippen MR) is 64.6 cm³/mol. The third kappa shape index (κ3) is 3.32. The second kappa shape index (κ2) is 6.05. The van der Waals surface area contributed by atoms with E-state index in [0.29, 0.717) is 12.2 Å². The summed E-state index contributed by atoms with van der Waals surface area (Å²) in [6.07, 6.45) is -0.0270. The first kappa shape index (κ1) is 13.2. The third-order valence-corrected chi connectivity index (χ3v) is 2.38. The zero-order chi connectivity index (χ0) is 12.8. The van der Waals surface area contributed by atoms with Crippen molar-refractivity contribution in [1.29, 1.82) is 0 Å². The molecule has 1 unspecified atom stereocenters. The van der Waals surface area contributed by atoms with Crippen molar-refractivity contribution in [2.75, 3.05) is 26.1 Å². The van der Waals surface area contributed by atoms with Crippen LogP contribution in [0.15, 0.2) is 18.2 Å². The van der Waals surface area contributed by atoms with Crippen LogP contribution in [-0.2, 0) is 4.74 Å². The third-order valence-electron chi connectivity index (χ3n) is 2.38. The number of nitrogens with one attached hydrogen (secondary N) is 1. The van der Waals surface area contributed by atoms with Crippen molar-refractivity contribution in [2.45, 2.75) is 13.0 Å². The van der Waals surface area contributed by atoms with Gasteiger partial charge in [0.05, 0.1) is 18.1 Å². The molecule has 0 saturated heterocycles. The Labute approximate surface area is 99.7 Å². The summed E-state index contributed by atoms with van der Waals surface area (Å²) < 4.78 is 10.0. The molecule has 1 aromatic rings. The Morgan fingerprint density at radius 2 is 2.18 bits per heavy atom. The van der Waals surface area contributed by atoms with Gasteiger partial charge in [-0.25, -0.2) is 0 Å². The van der Waals surface area contributed by atoms with Crippen molar-refractivity contribution in [3.8, 4) is 5.75 Å². The summed E-state index contributed by atoms with van der Waals surface area (Å²) in [7, 11) is 3.00. The van der Waals surface area contributed by atoms with E-state index in [1.807, 2.05) is 6.92 Å². The fraction of sp³-hybridized carbons (Fsp3) is 0.455. The molecule has 6 nitrogen and oxygen atoms in total. The molecule has 0 fully saturated rings. The largest absolute Gasteiger partial charge is 0.490 e. The standard InChI is InChI=1S/C11H16N2O4/c1-8(16-2)7-12-9-5-4-6-10(17-3)11(9)13(14)15/h4-6,8,12H,7H2,1-3H3. The molecule has 0 aliphatic carbocycles. The van der Waals surface area contributed by atoms with Crippen molar-refractivity contribution >= 4 is 11.4 Å². The monoisotopic (exact) mass is 240 g/mol. The Morgan fingerprint density at radius 1 is 1.47 bits per heavy atom. The van der Waals surface area contributed by atoms with Crippen LogP contribution >= 0.6 is 0 Å². The van der Waals surface area contributed by atoms with Crippen LogP contribution in [0, 0.1) is 10.1 Å². The van der Waals surface area contributed by atoms with Crippen LogP contribution < -0.4 is 10.1 Å². The molecule has 1 atom stereocenters. The lowest BCUT2D eigenvalue weighted by atomic mass is 10.2. The second-order valence-corrected chi connectivity index (χ2v) is 3.54. The minimum Gasteiger partial charge on any atom is -0.490 e. The molecule has 6 heteroatoms. The number of methoxy groups -OCH3 is 2. The SMILES string of the molecule is COc1cccc(NCC(C)OC)c1[N+](=O)[O-]. The van der Waals surface area contributed by atoms with Crippen molar-refractivity contribution in [3.63, 3.8) is 0 Å². The molecule has 0 aliphatic heterocycles. The number of ether oxygens (including phenoxy) is 2. The Hall–Kier alpha value is -1.82. The van der Waals surface area contributed by atoms with E-state index in [-0.39, 0.29) is 17.5 Å². The van der Waals surface area contributed by atoms with Crippen molar-refractivity contribution in [1.82, 2.24) is 0 Å². The number of nitrogens with zero attached hydrogens (tertiary/aromatic N) is 1. The summed E-state index contributed by atoms with van der Waals surface area (Å²) >= 11 is 0. The highest BCUT2D eigenvalue weighted by molar-refractivity contribution is 5.68. The van der Waals surface area contributed by atoms with Crippen LogP contribution in [0.3, 0.4) is 0 Å². The van der Waals surface area contributed by atoms with Gasteiger partial charge in [-0.05, 0) is 19.1 Å². The minimum atomic E-state index is -0.460. The average Bonchev–Trinajstić information content (AvgIpc) is 2.34. The van der Waals surface area contributed by atoms with Crippen LogP contribution in [0.25, 0.3) is 0 Å². The number of para-hydroxylation sites is 1. The molecule has 17 heavy (non-hydrogen) atoms. The fourth-order valence-electron chi connectivity index (χ4n) is 1.36. The van der Waals surface area contributed by atoms with E-state index in [0.717, 1.165) is 0 Å². The molecule has 0 bridgehead atoms. The van der Waals surface area contributed by atoms with Gasteiger partial charge in [-0.2, -0.15) is 0 Å². The van der Waals surface area contributed by atoms with E-state index < -0.39 is 4.92 Å². The Kier molecular flexibility index (Phi) is 4.71. The number of benzene rings is 1.